The van der Waals surface area contributed by atoms with Crippen LogP contribution in [0, 0.1) is 5.82 Å². The maximum atomic E-state index is 13.2. The van der Waals surface area contributed by atoms with Gasteiger partial charge in [-0.2, -0.15) is 0 Å². The lowest BCUT2D eigenvalue weighted by Gasteiger charge is -2.18. The molecule has 0 saturated heterocycles. The fourth-order valence-corrected chi connectivity index (χ4v) is 4.66. The maximum Gasteiger partial charge on any atom is 0.240 e. The number of amides is 1. The Labute approximate surface area is 169 Å². The number of fused-ring (bicyclic) bond motifs is 2. The lowest BCUT2D eigenvalue weighted by atomic mass is 10.3. The number of benzene rings is 2. The van der Waals surface area contributed by atoms with E-state index < -0.39 is 15.9 Å². The number of halogens is 1. The SMILES string of the molecule is O=C(CCNS(=O)(=O)c1ccc2c(c1)OCCO2)Nc1nc2ccc(F)cc2s1. The molecule has 1 amide bonds. The summed E-state index contributed by atoms with van der Waals surface area (Å²) < 4.78 is 51.8. The number of rotatable bonds is 6. The van der Waals surface area contributed by atoms with Crippen LogP contribution in [0.25, 0.3) is 10.2 Å². The van der Waals surface area contributed by atoms with E-state index in [0.29, 0.717) is 40.1 Å². The summed E-state index contributed by atoms with van der Waals surface area (Å²) in [6.45, 7) is 0.667. The highest BCUT2D eigenvalue weighted by atomic mass is 32.2. The van der Waals surface area contributed by atoms with Gasteiger partial charge in [-0.1, -0.05) is 11.3 Å². The molecule has 1 aromatic heterocycles. The van der Waals surface area contributed by atoms with Gasteiger partial charge in [-0.3, -0.25) is 4.79 Å². The molecule has 0 unspecified atom stereocenters. The van der Waals surface area contributed by atoms with Gasteiger partial charge in [0.15, 0.2) is 16.6 Å². The Balaban J connectivity index is 1.34. The number of hydrogen-bond donors (Lipinski definition) is 2. The van der Waals surface area contributed by atoms with E-state index in [1.54, 1.807) is 0 Å². The zero-order chi connectivity index (χ0) is 20.4. The smallest absolute Gasteiger partial charge is 0.240 e. The molecule has 152 valence electrons. The number of nitrogens with zero attached hydrogens (tertiary/aromatic N) is 1. The molecular weight excluding hydrogens is 421 g/mol. The van der Waals surface area contributed by atoms with Crippen LogP contribution in [0.5, 0.6) is 11.5 Å². The number of ether oxygens (including phenoxy) is 2. The van der Waals surface area contributed by atoms with Crippen molar-refractivity contribution in [2.75, 3.05) is 25.1 Å². The zero-order valence-corrected chi connectivity index (χ0v) is 16.6. The minimum Gasteiger partial charge on any atom is -0.486 e. The Hall–Kier alpha value is -2.76. The fraction of sp³-hybridized carbons (Fsp3) is 0.222. The van der Waals surface area contributed by atoms with Gasteiger partial charge in [0.2, 0.25) is 15.9 Å². The lowest BCUT2D eigenvalue weighted by molar-refractivity contribution is -0.116. The van der Waals surface area contributed by atoms with E-state index in [2.05, 4.69) is 15.0 Å². The van der Waals surface area contributed by atoms with Crippen molar-refractivity contribution in [3.8, 4) is 11.5 Å². The number of anilines is 1. The number of aromatic nitrogens is 1. The Morgan fingerprint density at radius 3 is 2.76 bits per heavy atom. The van der Waals surface area contributed by atoms with Crippen molar-refractivity contribution in [3.63, 3.8) is 0 Å². The van der Waals surface area contributed by atoms with E-state index in [0.717, 1.165) is 11.3 Å². The minimum absolute atomic E-state index is 0.0235. The summed E-state index contributed by atoms with van der Waals surface area (Å²) in [5.74, 6) is 0.0661. The summed E-state index contributed by atoms with van der Waals surface area (Å²) >= 11 is 1.14. The van der Waals surface area contributed by atoms with Crippen LogP contribution in [0.3, 0.4) is 0 Å². The molecular formula is C18H16FN3O5S2. The molecule has 2 N–H and O–H groups in total. The molecule has 2 aromatic carbocycles. The predicted molar refractivity (Wildman–Crippen MR) is 105 cm³/mol. The van der Waals surface area contributed by atoms with Crippen molar-refractivity contribution in [1.82, 2.24) is 9.71 Å². The first-order chi connectivity index (χ1) is 13.9. The van der Waals surface area contributed by atoms with Crippen LogP contribution in [0.4, 0.5) is 9.52 Å². The molecule has 0 atom stereocenters. The molecule has 29 heavy (non-hydrogen) atoms. The van der Waals surface area contributed by atoms with Crippen LogP contribution in [0.2, 0.25) is 0 Å². The number of hydrogen-bond acceptors (Lipinski definition) is 7. The third-order valence-corrected chi connectivity index (χ3v) is 6.46. The molecule has 0 bridgehead atoms. The minimum atomic E-state index is -3.81. The number of thiazole rings is 1. The summed E-state index contributed by atoms with van der Waals surface area (Å²) in [6, 6.07) is 8.49. The fourth-order valence-electron chi connectivity index (χ4n) is 2.71. The van der Waals surface area contributed by atoms with Gasteiger partial charge in [0.25, 0.3) is 0 Å². The Kier molecular flexibility index (Phi) is 5.35. The molecule has 4 rings (SSSR count). The van der Waals surface area contributed by atoms with Crippen LogP contribution in [-0.2, 0) is 14.8 Å². The average Bonchev–Trinajstić information content (AvgIpc) is 3.08. The summed E-state index contributed by atoms with van der Waals surface area (Å²) in [5.41, 5.74) is 0.575. The van der Waals surface area contributed by atoms with Gasteiger partial charge in [0.05, 0.1) is 15.1 Å². The van der Waals surface area contributed by atoms with Crippen LogP contribution in [0.1, 0.15) is 6.42 Å². The Bertz CT molecular complexity index is 1180. The van der Waals surface area contributed by atoms with E-state index in [1.165, 1.54) is 36.4 Å². The quantitative estimate of drug-likeness (QED) is 0.614. The second kappa shape index (κ2) is 7.93. The van der Waals surface area contributed by atoms with E-state index in [-0.39, 0.29) is 23.7 Å². The summed E-state index contributed by atoms with van der Waals surface area (Å²) in [6.07, 6.45) is -0.0892. The number of carbonyl (C=O) groups is 1. The molecule has 0 aliphatic carbocycles. The number of nitrogens with one attached hydrogen (secondary N) is 2. The normalized spacial score (nSPS) is 13.4. The highest BCUT2D eigenvalue weighted by Crippen LogP contribution is 2.32. The molecule has 3 aromatic rings. The summed E-state index contributed by atoms with van der Waals surface area (Å²) in [5, 5.41) is 2.92. The summed E-state index contributed by atoms with van der Waals surface area (Å²) in [7, 11) is -3.81. The van der Waals surface area contributed by atoms with Gasteiger partial charge in [-0.05, 0) is 30.3 Å². The first kappa shape index (κ1) is 19.6. The molecule has 1 aliphatic rings. The van der Waals surface area contributed by atoms with Gasteiger partial charge in [-0.25, -0.2) is 22.5 Å². The Morgan fingerprint density at radius 1 is 1.14 bits per heavy atom. The molecule has 1 aliphatic heterocycles. The van der Waals surface area contributed by atoms with Gasteiger partial charge < -0.3 is 14.8 Å². The molecule has 0 spiro atoms. The van der Waals surface area contributed by atoms with Crippen molar-refractivity contribution in [1.29, 1.82) is 0 Å². The maximum absolute atomic E-state index is 13.2. The molecule has 2 heterocycles. The zero-order valence-electron chi connectivity index (χ0n) is 15.0. The van der Waals surface area contributed by atoms with Crippen LogP contribution < -0.4 is 19.5 Å². The summed E-state index contributed by atoms with van der Waals surface area (Å²) in [4.78, 5) is 16.3. The Morgan fingerprint density at radius 2 is 1.93 bits per heavy atom. The lowest BCUT2D eigenvalue weighted by Crippen LogP contribution is -2.28. The molecule has 0 radical (unpaired) electrons. The average molecular weight is 437 g/mol. The van der Waals surface area contributed by atoms with Crippen molar-refractivity contribution < 1.29 is 27.1 Å². The number of sulfonamides is 1. The van der Waals surface area contributed by atoms with Gasteiger partial charge in [0.1, 0.15) is 19.0 Å². The van der Waals surface area contributed by atoms with Crippen LogP contribution >= 0.6 is 11.3 Å². The van der Waals surface area contributed by atoms with Crippen molar-refractivity contribution in [3.05, 3.63) is 42.2 Å². The third kappa shape index (κ3) is 4.47. The topological polar surface area (TPSA) is 107 Å². The third-order valence-electron chi connectivity index (χ3n) is 4.06. The highest BCUT2D eigenvalue weighted by Gasteiger charge is 2.19. The second-order valence-corrected chi connectivity index (χ2v) is 8.93. The standard InChI is InChI=1S/C18H16FN3O5S2/c19-11-1-3-13-16(9-11)28-18(21-13)22-17(23)5-6-20-29(24,25)12-2-4-14-15(10-12)27-8-7-26-14/h1-4,9-10,20H,5-8H2,(H,21,22,23). The molecule has 0 fully saturated rings. The largest absolute Gasteiger partial charge is 0.486 e. The van der Waals surface area contributed by atoms with Crippen molar-refractivity contribution in [2.24, 2.45) is 0 Å². The second-order valence-electron chi connectivity index (χ2n) is 6.13. The van der Waals surface area contributed by atoms with Crippen LogP contribution in [0.15, 0.2) is 41.3 Å². The predicted octanol–water partition coefficient (Wildman–Crippen LogP) is 2.51. The first-order valence-corrected chi connectivity index (χ1v) is 11.0. The number of carbonyl (C=O) groups excluding carboxylic acids is 1. The van der Waals surface area contributed by atoms with E-state index >= 15 is 0 Å². The van der Waals surface area contributed by atoms with Crippen molar-refractivity contribution in [2.45, 2.75) is 11.3 Å². The van der Waals surface area contributed by atoms with E-state index in [4.69, 9.17) is 9.47 Å². The van der Waals surface area contributed by atoms with Gasteiger partial charge >= 0.3 is 0 Å². The molecule has 8 nitrogen and oxygen atoms in total. The molecule has 11 heteroatoms. The monoisotopic (exact) mass is 437 g/mol. The van der Waals surface area contributed by atoms with Gasteiger partial charge in [-0.15, -0.1) is 0 Å². The first-order valence-electron chi connectivity index (χ1n) is 8.66. The molecule has 0 saturated carbocycles. The van der Waals surface area contributed by atoms with E-state index in [9.17, 15) is 17.6 Å². The highest BCUT2D eigenvalue weighted by molar-refractivity contribution is 7.89. The van der Waals surface area contributed by atoms with E-state index in [1.807, 2.05) is 0 Å². The van der Waals surface area contributed by atoms with Crippen LogP contribution in [-0.4, -0.2) is 39.1 Å². The van der Waals surface area contributed by atoms with Gasteiger partial charge in [0, 0.05) is 19.0 Å². The van der Waals surface area contributed by atoms with Crippen molar-refractivity contribution >= 4 is 42.6 Å².